The van der Waals surface area contributed by atoms with Gasteiger partial charge in [-0.15, -0.1) is 0 Å². The summed E-state index contributed by atoms with van der Waals surface area (Å²) >= 11 is 0. The predicted octanol–water partition coefficient (Wildman–Crippen LogP) is 0.112. The quantitative estimate of drug-likeness (QED) is 0.591. The van der Waals surface area contributed by atoms with Gasteiger partial charge >= 0.3 is 0 Å². The second-order valence-corrected chi connectivity index (χ2v) is 5.19. The molecule has 1 aromatic heterocycles. The maximum Gasteiger partial charge on any atom is 0.234 e. The van der Waals surface area contributed by atoms with E-state index in [-0.39, 0.29) is 42.0 Å². The molecule has 2 heterocycles. The van der Waals surface area contributed by atoms with E-state index in [1.165, 1.54) is 11.2 Å². The zero-order chi connectivity index (χ0) is 12.3. The van der Waals surface area contributed by atoms with E-state index in [2.05, 4.69) is 27.3 Å². The van der Waals surface area contributed by atoms with Gasteiger partial charge in [0, 0.05) is 0 Å². The number of imide groups is 1. The maximum absolute atomic E-state index is 12.3. The van der Waals surface area contributed by atoms with Gasteiger partial charge in [-0.3, -0.25) is 19.6 Å². The van der Waals surface area contributed by atoms with E-state index in [4.69, 9.17) is 0 Å². The summed E-state index contributed by atoms with van der Waals surface area (Å²) in [7, 11) is 0. The molecule has 2 amide bonds. The Kier molecular flexibility index (Phi) is 1.82. The number of nitrogens with one attached hydrogen (secondary N) is 1. The topological polar surface area (TPSA) is 79.0 Å². The Bertz CT molecular complexity index is 520. The summed E-state index contributed by atoms with van der Waals surface area (Å²) in [6.45, 7) is 0.212. The number of nitrogens with zero attached hydrogens (tertiary/aromatic N) is 3. The predicted molar refractivity (Wildman–Crippen MR) is 59.7 cm³/mol. The van der Waals surface area contributed by atoms with Crippen LogP contribution in [0.1, 0.15) is 12.2 Å². The van der Waals surface area contributed by atoms with E-state index in [1.54, 1.807) is 0 Å². The molecule has 1 aliphatic heterocycles. The number of hydrogen-bond donors (Lipinski definition) is 1. The van der Waals surface area contributed by atoms with Crippen LogP contribution in [-0.4, -0.2) is 31.9 Å². The van der Waals surface area contributed by atoms with Crippen LogP contribution >= 0.6 is 0 Å². The monoisotopic (exact) mass is 244 g/mol. The zero-order valence-electron chi connectivity index (χ0n) is 9.61. The minimum atomic E-state index is -0.129. The van der Waals surface area contributed by atoms with E-state index in [0.717, 1.165) is 6.42 Å². The molecule has 6 heteroatoms. The van der Waals surface area contributed by atoms with Crippen LogP contribution in [0.4, 0.5) is 0 Å². The van der Waals surface area contributed by atoms with Crippen molar-refractivity contribution in [2.24, 2.45) is 23.7 Å². The van der Waals surface area contributed by atoms with Crippen molar-refractivity contribution in [3.63, 3.8) is 0 Å². The van der Waals surface area contributed by atoms with Gasteiger partial charge in [0.1, 0.15) is 12.2 Å². The van der Waals surface area contributed by atoms with Crippen molar-refractivity contribution < 1.29 is 9.59 Å². The maximum atomic E-state index is 12.3. The molecule has 0 radical (unpaired) electrons. The van der Waals surface area contributed by atoms with Crippen molar-refractivity contribution >= 4 is 11.8 Å². The molecule has 3 aliphatic rings. The Hall–Kier alpha value is -1.98. The third kappa shape index (κ3) is 1.12. The number of hydrogen-bond acceptors (Lipinski definition) is 4. The van der Waals surface area contributed by atoms with Crippen molar-refractivity contribution in [2.75, 3.05) is 0 Å². The van der Waals surface area contributed by atoms with Crippen LogP contribution in [0.2, 0.25) is 0 Å². The third-order valence-corrected chi connectivity index (χ3v) is 4.33. The molecule has 18 heavy (non-hydrogen) atoms. The average Bonchev–Trinajstić information content (AvgIpc) is 3.10. The van der Waals surface area contributed by atoms with Gasteiger partial charge in [0.15, 0.2) is 0 Å². The lowest BCUT2D eigenvalue weighted by atomic mass is 9.85. The number of allylic oxidation sites excluding steroid dienone is 2. The van der Waals surface area contributed by atoms with Crippen molar-refractivity contribution in [3.8, 4) is 0 Å². The second-order valence-electron chi connectivity index (χ2n) is 5.19. The van der Waals surface area contributed by atoms with Gasteiger partial charge in [-0.1, -0.05) is 12.2 Å². The lowest BCUT2D eigenvalue weighted by molar-refractivity contribution is -0.141. The molecule has 1 aromatic rings. The molecule has 1 saturated heterocycles. The van der Waals surface area contributed by atoms with Crippen LogP contribution in [0.3, 0.4) is 0 Å². The summed E-state index contributed by atoms with van der Waals surface area (Å²) in [5, 5.41) is 6.42. The number of aromatic amines is 1. The highest BCUT2D eigenvalue weighted by molar-refractivity contribution is 6.06. The van der Waals surface area contributed by atoms with Crippen LogP contribution in [-0.2, 0) is 16.1 Å². The highest BCUT2D eigenvalue weighted by atomic mass is 16.2. The molecule has 2 aliphatic carbocycles. The largest absolute Gasteiger partial charge is 0.274 e. The molecule has 4 unspecified atom stereocenters. The number of carbonyl (C=O) groups excluding carboxylic acids is 2. The molecule has 6 nitrogen and oxygen atoms in total. The second kappa shape index (κ2) is 3.28. The minimum Gasteiger partial charge on any atom is -0.274 e. The molecule has 1 saturated carbocycles. The molecule has 2 fully saturated rings. The van der Waals surface area contributed by atoms with Crippen molar-refractivity contribution in [1.82, 2.24) is 20.1 Å². The van der Waals surface area contributed by atoms with Gasteiger partial charge in [-0.05, 0) is 18.3 Å². The van der Waals surface area contributed by atoms with Crippen LogP contribution in [0.5, 0.6) is 0 Å². The lowest BCUT2D eigenvalue weighted by Crippen LogP contribution is -2.32. The summed E-state index contributed by atoms with van der Waals surface area (Å²) in [6, 6.07) is 0. The van der Waals surface area contributed by atoms with Gasteiger partial charge in [0.05, 0.1) is 18.4 Å². The first kappa shape index (κ1) is 9.99. The number of aromatic nitrogens is 3. The first-order valence-corrected chi connectivity index (χ1v) is 6.13. The van der Waals surface area contributed by atoms with E-state index in [9.17, 15) is 9.59 Å². The molecular weight excluding hydrogens is 232 g/mol. The smallest absolute Gasteiger partial charge is 0.234 e. The average molecular weight is 244 g/mol. The Balaban J connectivity index is 1.64. The summed E-state index contributed by atoms with van der Waals surface area (Å²) in [5.41, 5.74) is 0. The van der Waals surface area contributed by atoms with E-state index < -0.39 is 0 Å². The van der Waals surface area contributed by atoms with Gasteiger partial charge < -0.3 is 0 Å². The highest BCUT2D eigenvalue weighted by Crippen LogP contribution is 2.52. The third-order valence-electron chi connectivity index (χ3n) is 4.33. The number of likely N-dealkylation sites (tertiary alicyclic amines) is 1. The summed E-state index contributed by atoms with van der Waals surface area (Å²) in [4.78, 5) is 29.9. The van der Waals surface area contributed by atoms with Crippen LogP contribution < -0.4 is 0 Å². The fourth-order valence-electron chi connectivity index (χ4n) is 3.58. The highest BCUT2D eigenvalue weighted by Gasteiger charge is 2.59. The molecule has 4 rings (SSSR count). The molecule has 92 valence electrons. The molecular formula is C12H12N4O2. The normalized spacial score (nSPS) is 36.8. The van der Waals surface area contributed by atoms with Gasteiger partial charge in [0.25, 0.3) is 0 Å². The fraction of sp³-hybridized carbons (Fsp3) is 0.500. The van der Waals surface area contributed by atoms with Gasteiger partial charge in [-0.2, -0.15) is 5.10 Å². The Morgan fingerprint density at radius 2 is 1.89 bits per heavy atom. The number of H-pyrrole nitrogens is 1. The zero-order valence-corrected chi connectivity index (χ0v) is 9.61. The van der Waals surface area contributed by atoms with Crippen molar-refractivity contribution in [2.45, 2.75) is 13.0 Å². The Morgan fingerprint density at radius 1 is 1.22 bits per heavy atom. The molecule has 0 spiro atoms. The number of fused-ring (bicyclic) bond motifs is 5. The standard InChI is InChI=1S/C12H12N4O2/c17-11-9-6-1-2-7(3-6)10(9)12(18)16(11)4-8-13-5-14-15-8/h1-2,5-7,9-10H,3-4H2,(H,13,14,15). The molecule has 0 aromatic carbocycles. The fourth-order valence-corrected chi connectivity index (χ4v) is 3.58. The van der Waals surface area contributed by atoms with Gasteiger partial charge in [-0.25, -0.2) is 4.98 Å². The molecule has 4 atom stereocenters. The summed E-state index contributed by atoms with van der Waals surface area (Å²) in [5.74, 6) is 0.728. The first-order chi connectivity index (χ1) is 8.75. The van der Waals surface area contributed by atoms with E-state index in [0.29, 0.717) is 5.82 Å². The summed E-state index contributed by atoms with van der Waals surface area (Å²) in [6.07, 6.45) is 6.53. The van der Waals surface area contributed by atoms with E-state index in [1.807, 2.05) is 0 Å². The molecule has 1 N–H and O–H groups in total. The van der Waals surface area contributed by atoms with Crippen molar-refractivity contribution in [1.29, 1.82) is 0 Å². The summed E-state index contributed by atoms with van der Waals surface area (Å²) < 4.78 is 0. The minimum absolute atomic E-state index is 0.0433. The first-order valence-electron chi connectivity index (χ1n) is 6.13. The Morgan fingerprint density at radius 3 is 2.44 bits per heavy atom. The number of amides is 2. The van der Waals surface area contributed by atoms with Crippen molar-refractivity contribution in [3.05, 3.63) is 24.3 Å². The SMILES string of the molecule is O=C1C2C3C=CC(C3)C2C(=O)N1Cc1ncn[nH]1. The number of carbonyl (C=O) groups is 2. The van der Waals surface area contributed by atoms with E-state index >= 15 is 0 Å². The number of rotatable bonds is 2. The molecule has 2 bridgehead atoms. The lowest BCUT2D eigenvalue weighted by Gasteiger charge is -2.15. The Labute approximate surface area is 103 Å². The van der Waals surface area contributed by atoms with Crippen LogP contribution in [0, 0.1) is 23.7 Å². The van der Waals surface area contributed by atoms with Gasteiger partial charge in [0.2, 0.25) is 11.8 Å². The van der Waals surface area contributed by atoms with Crippen LogP contribution in [0.15, 0.2) is 18.5 Å². The van der Waals surface area contributed by atoms with Crippen LogP contribution in [0.25, 0.3) is 0 Å².